The minimum absolute atomic E-state index is 0.0635. The van der Waals surface area contributed by atoms with E-state index in [2.05, 4.69) is 5.32 Å². The molecule has 0 unspecified atom stereocenters. The van der Waals surface area contributed by atoms with Gasteiger partial charge in [0, 0.05) is 34.3 Å². The van der Waals surface area contributed by atoms with Crippen LogP contribution in [0.5, 0.6) is 0 Å². The summed E-state index contributed by atoms with van der Waals surface area (Å²) >= 11 is 6.04. The normalized spacial score (nSPS) is 21.0. The van der Waals surface area contributed by atoms with Gasteiger partial charge in [-0.15, -0.1) is 0 Å². The molecule has 4 rings (SSSR count). The lowest BCUT2D eigenvalue weighted by Crippen LogP contribution is -2.36. The van der Waals surface area contributed by atoms with Gasteiger partial charge in [0.2, 0.25) is 0 Å². The minimum atomic E-state index is -0.422. The summed E-state index contributed by atoms with van der Waals surface area (Å²) in [5.74, 6) is -0.660. The van der Waals surface area contributed by atoms with Crippen LogP contribution in [0.3, 0.4) is 0 Å². The first kappa shape index (κ1) is 21.4. The number of aryl methyl sites for hydroxylation is 1. The van der Waals surface area contributed by atoms with Gasteiger partial charge >= 0.3 is 5.97 Å². The van der Waals surface area contributed by atoms with E-state index in [4.69, 9.17) is 16.3 Å². The summed E-state index contributed by atoms with van der Waals surface area (Å²) < 4.78 is 5.36. The van der Waals surface area contributed by atoms with Crippen molar-refractivity contribution in [1.82, 2.24) is 5.32 Å². The summed E-state index contributed by atoms with van der Waals surface area (Å²) in [6, 6.07) is 15.7. The number of ketones is 1. The first-order valence-corrected chi connectivity index (χ1v) is 11.0. The van der Waals surface area contributed by atoms with Crippen LogP contribution >= 0.6 is 11.6 Å². The molecule has 1 heterocycles. The molecular weight excluding hydrogens is 410 g/mol. The molecule has 160 valence electrons. The second-order valence-electron chi connectivity index (χ2n) is 8.20. The number of benzene rings is 2. The molecule has 2 atom stereocenters. The Labute approximate surface area is 187 Å². The van der Waals surface area contributed by atoms with Crippen LogP contribution in [0.2, 0.25) is 5.02 Å². The Bertz CT molecular complexity index is 1080. The first-order chi connectivity index (χ1) is 14.9. The average Bonchev–Trinajstić information content (AvgIpc) is 2.74. The van der Waals surface area contributed by atoms with Crippen molar-refractivity contribution in [2.24, 2.45) is 0 Å². The van der Waals surface area contributed by atoms with E-state index in [-0.39, 0.29) is 24.3 Å². The van der Waals surface area contributed by atoms with Crippen LogP contribution in [0, 0.1) is 6.92 Å². The summed E-state index contributed by atoms with van der Waals surface area (Å²) in [5.41, 5.74) is 5.99. The van der Waals surface area contributed by atoms with Crippen LogP contribution in [0.25, 0.3) is 0 Å². The molecule has 2 aromatic rings. The van der Waals surface area contributed by atoms with Gasteiger partial charge in [-0.25, -0.2) is 4.79 Å². The van der Waals surface area contributed by atoms with E-state index < -0.39 is 5.92 Å². The molecule has 4 nitrogen and oxygen atoms in total. The van der Waals surface area contributed by atoms with Crippen molar-refractivity contribution in [3.05, 3.63) is 92.8 Å². The summed E-state index contributed by atoms with van der Waals surface area (Å²) in [6.45, 7) is 5.98. The largest absolute Gasteiger partial charge is 0.463 e. The maximum atomic E-state index is 13.5. The predicted molar refractivity (Wildman–Crippen MR) is 122 cm³/mol. The molecule has 0 bridgehead atoms. The summed E-state index contributed by atoms with van der Waals surface area (Å²) in [4.78, 5) is 26.4. The number of rotatable bonds is 4. The zero-order chi connectivity index (χ0) is 22.1. The van der Waals surface area contributed by atoms with E-state index in [1.54, 1.807) is 6.92 Å². The molecule has 5 heteroatoms. The lowest BCUT2D eigenvalue weighted by molar-refractivity contribution is -0.138. The molecule has 0 aromatic heterocycles. The molecular formula is C26H26ClNO3. The highest BCUT2D eigenvalue weighted by molar-refractivity contribution is 6.30. The number of nitrogens with one attached hydrogen (secondary N) is 1. The fourth-order valence-corrected chi connectivity index (χ4v) is 4.71. The number of esters is 1. The Hall–Kier alpha value is -2.85. The van der Waals surface area contributed by atoms with Crippen molar-refractivity contribution in [3.8, 4) is 0 Å². The van der Waals surface area contributed by atoms with E-state index in [0.717, 1.165) is 28.1 Å². The van der Waals surface area contributed by atoms with Crippen LogP contribution in [0.1, 0.15) is 55.2 Å². The van der Waals surface area contributed by atoms with Gasteiger partial charge in [-0.3, -0.25) is 4.79 Å². The zero-order valence-corrected chi connectivity index (χ0v) is 18.8. The number of Topliss-reactive ketones (excluding diaryl/α,β-unsaturated/α-hetero) is 1. The van der Waals surface area contributed by atoms with Gasteiger partial charge in [-0.1, -0.05) is 53.6 Å². The fourth-order valence-electron chi connectivity index (χ4n) is 4.58. The van der Waals surface area contributed by atoms with Crippen LogP contribution in [-0.2, 0) is 14.3 Å². The van der Waals surface area contributed by atoms with E-state index >= 15 is 0 Å². The van der Waals surface area contributed by atoms with Gasteiger partial charge in [0.1, 0.15) is 0 Å². The van der Waals surface area contributed by atoms with E-state index in [9.17, 15) is 9.59 Å². The monoisotopic (exact) mass is 435 g/mol. The standard InChI is InChI=1S/C26H26ClNO3/c1-4-31-26(30)23-16(3)28-21-13-19(17-9-11-20(27)12-10-17)14-22(29)25(21)24(23)18-7-5-15(2)6-8-18/h5-12,19,24,28H,4,13-14H2,1-3H3/t19-,24+/m1/s1. The highest BCUT2D eigenvalue weighted by atomic mass is 35.5. The smallest absolute Gasteiger partial charge is 0.336 e. The molecule has 0 spiro atoms. The van der Waals surface area contributed by atoms with E-state index in [0.29, 0.717) is 29.0 Å². The third kappa shape index (κ3) is 4.17. The van der Waals surface area contributed by atoms with Gasteiger partial charge in [0.25, 0.3) is 0 Å². The molecule has 0 fully saturated rings. The topological polar surface area (TPSA) is 55.4 Å². The number of carbonyl (C=O) groups is 2. The number of hydrogen-bond acceptors (Lipinski definition) is 4. The second-order valence-corrected chi connectivity index (χ2v) is 8.64. The van der Waals surface area contributed by atoms with Gasteiger partial charge in [-0.2, -0.15) is 0 Å². The molecule has 31 heavy (non-hydrogen) atoms. The number of allylic oxidation sites excluding steroid dienone is 3. The molecule has 0 saturated heterocycles. The van der Waals surface area contributed by atoms with Gasteiger partial charge < -0.3 is 10.1 Å². The van der Waals surface area contributed by atoms with Crippen LogP contribution < -0.4 is 5.32 Å². The maximum Gasteiger partial charge on any atom is 0.336 e. The number of ether oxygens (including phenoxy) is 1. The Morgan fingerprint density at radius 1 is 1.03 bits per heavy atom. The molecule has 0 radical (unpaired) electrons. The summed E-state index contributed by atoms with van der Waals surface area (Å²) in [6.07, 6.45) is 1.11. The Morgan fingerprint density at radius 2 is 1.68 bits per heavy atom. The molecule has 1 N–H and O–H groups in total. The van der Waals surface area contributed by atoms with Crippen molar-refractivity contribution in [3.63, 3.8) is 0 Å². The van der Waals surface area contributed by atoms with E-state index in [1.807, 2.05) is 62.4 Å². The van der Waals surface area contributed by atoms with Crippen LogP contribution in [-0.4, -0.2) is 18.4 Å². The quantitative estimate of drug-likeness (QED) is 0.637. The maximum absolute atomic E-state index is 13.5. The van der Waals surface area contributed by atoms with Gasteiger partial charge in [0.15, 0.2) is 5.78 Å². The highest BCUT2D eigenvalue weighted by Gasteiger charge is 2.41. The molecule has 0 saturated carbocycles. The van der Waals surface area contributed by atoms with Crippen LogP contribution in [0.15, 0.2) is 71.1 Å². The molecule has 1 aliphatic heterocycles. The SMILES string of the molecule is CCOC(=O)C1=C(C)NC2=C(C(=O)C[C@H](c3ccc(Cl)cc3)C2)[C@H]1c1ccc(C)cc1. The minimum Gasteiger partial charge on any atom is -0.463 e. The lowest BCUT2D eigenvalue weighted by atomic mass is 9.71. The van der Waals surface area contributed by atoms with E-state index in [1.165, 1.54) is 0 Å². The number of hydrogen-bond donors (Lipinski definition) is 1. The highest BCUT2D eigenvalue weighted by Crippen LogP contribution is 2.45. The Balaban J connectivity index is 1.78. The summed E-state index contributed by atoms with van der Waals surface area (Å²) in [5, 5.41) is 4.05. The Morgan fingerprint density at radius 3 is 2.32 bits per heavy atom. The van der Waals surface area contributed by atoms with Crippen molar-refractivity contribution in [1.29, 1.82) is 0 Å². The van der Waals surface area contributed by atoms with Gasteiger partial charge in [0.05, 0.1) is 12.2 Å². The average molecular weight is 436 g/mol. The van der Waals surface area contributed by atoms with Crippen LogP contribution in [0.4, 0.5) is 0 Å². The molecule has 2 aromatic carbocycles. The Kier molecular flexibility index (Phi) is 6.01. The molecule has 1 aliphatic carbocycles. The number of carbonyl (C=O) groups excluding carboxylic acids is 2. The van der Waals surface area contributed by atoms with Crippen molar-refractivity contribution in [2.45, 2.75) is 45.4 Å². The third-order valence-corrected chi connectivity index (χ3v) is 6.33. The number of dihydropyridines is 1. The second kappa shape index (κ2) is 8.72. The third-order valence-electron chi connectivity index (χ3n) is 6.08. The predicted octanol–water partition coefficient (Wildman–Crippen LogP) is 5.57. The molecule has 2 aliphatic rings. The first-order valence-electron chi connectivity index (χ1n) is 10.6. The van der Waals surface area contributed by atoms with Crippen molar-refractivity contribution >= 4 is 23.4 Å². The molecule has 0 amide bonds. The fraction of sp³-hybridized carbons (Fsp3) is 0.308. The zero-order valence-electron chi connectivity index (χ0n) is 18.0. The number of halogens is 1. The lowest BCUT2D eigenvalue weighted by Gasteiger charge is -2.36. The van der Waals surface area contributed by atoms with Crippen molar-refractivity contribution < 1.29 is 14.3 Å². The van der Waals surface area contributed by atoms with Gasteiger partial charge in [-0.05, 0) is 56.4 Å². The van der Waals surface area contributed by atoms with Crippen molar-refractivity contribution in [2.75, 3.05) is 6.61 Å². The summed E-state index contributed by atoms with van der Waals surface area (Å²) in [7, 11) is 0.